The highest BCUT2D eigenvalue weighted by molar-refractivity contribution is 7.21. The summed E-state index contributed by atoms with van der Waals surface area (Å²) < 4.78 is 1.03. The van der Waals surface area contributed by atoms with E-state index in [9.17, 15) is 4.79 Å². The van der Waals surface area contributed by atoms with Crippen LogP contribution in [0.4, 0.5) is 5.69 Å². The summed E-state index contributed by atoms with van der Waals surface area (Å²) in [5, 5.41) is 9.67. The molecular formula is C16H19N3OS. The fourth-order valence-corrected chi connectivity index (χ4v) is 3.45. The number of thiophene rings is 1. The molecule has 110 valence electrons. The van der Waals surface area contributed by atoms with Crippen LogP contribution in [0.3, 0.4) is 0 Å². The van der Waals surface area contributed by atoms with Crippen molar-refractivity contribution in [3.63, 3.8) is 0 Å². The van der Waals surface area contributed by atoms with E-state index in [-0.39, 0.29) is 11.9 Å². The highest BCUT2D eigenvalue weighted by atomic mass is 32.1. The number of nitrogens with two attached hydrogens (primary N) is 1. The smallest absolute Gasteiger partial charge is 0.266 e. The van der Waals surface area contributed by atoms with E-state index in [0.29, 0.717) is 23.5 Å². The van der Waals surface area contributed by atoms with Crippen molar-refractivity contribution in [3.05, 3.63) is 28.6 Å². The number of carbonyl (C=O) groups excluding carboxylic acids is 1. The Bertz CT molecular complexity index is 712. The van der Waals surface area contributed by atoms with Crippen LogP contribution in [-0.4, -0.2) is 23.4 Å². The Kier molecular flexibility index (Phi) is 4.49. The summed E-state index contributed by atoms with van der Waals surface area (Å²) in [6.07, 6.45) is 0.327. The first-order valence-corrected chi connectivity index (χ1v) is 7.74. The van der Waals surface area contributed by atoms with Crippen LogP contribution in [0.1, 0.15) is 35.5 Å². The average molecular weight is 301 g/mol. The second-order valence-corrected chi connectivity index (χ2v) is 6.40. The van der Waals surface area contributed by atoms with Crippen LogP contribution in [0.25, 0.3) is 10.1 Å². The maximum absolute atomic E-state index is 12.7. The van der Waals surface area contributed by atoms with Crippen molar-refractivity contribution in [1.82, 2.24) is 4.90 Å². The van der Waals surface area contributed by atoms with Crippen molar-refractivity contribution in [2.45, 2.75) is 33.2 Å². The van der Waals surface area contributed by atoms with Crippen LogP contribution in [0.5, 0.6) is 0 Å². The second kappa shape index (κ2) is 6.15. The van der Waals surface area contributed by atoms with Gasteiger partial charge in [0, 0.05) is 22.7 Å². The molecule has 1 aromatic carbocycles. The normalized spacial score (nSPS) is 10.8. The lowest BCUT2D eigenvalue weighted by Gasteiger charge is -2.25. The minimum Gasteiger partial charge on any atom is -0.397 e. The van der Waals surface area contributed by atoms with Gasteiger partial charge in [-0.1, -0.05) is 12.1 Å². The maximum atomic E-state index is 12.7. The van der Waals surface area contributed by atoms with Crippen LogP contribution in [0.2, 0.25) is 0 Å². The van der Waals surface area contributed by atoms with Crippen LogP contribution < -0.4 is 5.73 Å². The number of hydrogen-bond acceptors (Lipinski definition) is 4. The van der Waals surface area contributed by atoms with E-state index in [2.05, 4.69) is 6.07 Å². The number of nitrogen functional groups attached to an aromatic ring is 1. The Balaban J connectivity index is 2.42. The lowest BCUT2D eigenvalue weighted by Crippen LogP contribution is -2.37. The number of fused-ring (bicyclic) bond motifs is 1. The third-order valence-corrected chi connectivity index (χ3v) is 4.58. The molecule has 1 aromatic heterocycles. The largest absolute Gasteiger partial charge is 0.397 e. The van der Waals surface area contributed by atoms with Gasteiger partial charge in [-0.2, -0.15) is 5.26 Å². The molecule has 0 aliphatic rings. The summed E-state index contributed by atoms with van der Waals surface area (Å²) in [4.78, 5) is 15.0. The molecule has 0 fully saturated rings. The fraction of sp³-hybridized carbons (Fsp3) is 0.375. The van der Waals surface area contributed by atoms with Gasteiger partial charge in [0.1, 0.15) is 4.88 Å². The third-order valence-electron chi connectivity index (χ3n) is 3.43. The lowest BCUT2D eigenvalue weighted by atomic mass is 10.1. The summed E-state index contributed by atoms with van der Waals surface area (Å²) in [7, 11) is 0. The molecule has 0 saturated carbocycles. The van der Waals surface area contributed by atoms with Gasteiger partial charge in [0.25, 0.3) is 5.91 Å². The molecule has 4 nitrogen and oxygen atoms in total. The van der Waals surface area contributed by atoms with Gasteiger partial charge in [-0.15, -0.1) is 11.3 Å². The molecule has 2 rings (SSSR count). The van der Waals surface area contributed by atoms with Crippen LogP contribution in [0, 0.1) is 18.3 Å². The van der Waals surface area contributed by atoms with Crippen LogP contribution >= 0.6 is 11.3 Å². The molecule has 2 aromatic rings. The molecule has 0 aliphatic carbocycles. The van der Waals surface area contributed by atoms with Gasteiger partial charge in [-0.05, 0) is 32.4 Å². The van der Waals surface area contributed by atoms with Crippen molar-refractivity contribution in [1.29, 1.82) is 5.26 Å². The minimum atomic E-state index is -0.0865. The van der Waals surface area contributed by atoms with Crippen molar-refractivity contribution in [2.75, 3.05) is 12.3 Å². The first-order chi connectivity index (χ1) is 9.95. The van der Waals surface area contributed by atoms with Crippen molar-refractivity contribution in [3.8, 4) is 6.07 Å². The Morgan fingerprint density at radius 2 is 2.19 bits per heavy atom. The molecule has 0 bridgehead atoms. The van der Waals surface area contributed by atoms with E-state index in [1.807, 2.05) is 39.0 Å². The van der Waals surface area contributed by atoms with Gasteiger partial charge in [0.2, 0.25) is 0 Å². The van der Waals surface area contributed by atoms with Gasteiger partial charge >= 0.3 is 0 Å². The topological polar surface area (TPSA) is 70.1 Å². The molecule has 0 radical (unpaired) electrons. The van der Waals surface area contributed by atoms with E-state index in [4.69, 9.17) is 11.0 Å². The summed E-state index contributed by atoms with van der Waals surface area (Å²) in [6, 6.07) is 8.13. The van der Waals surface area contributed by atoms with Crippen molar-refractivity contribution in [2.24, 2.45) is 0 Å². The molecule has 0 unspecified atom stereocenters. The predicted octanol–water partition coefficient (Wildman–Crippen LogP) is 3.56. The zero-order valence-corrected chi connectivity index (χ0v) is 13.3. The number of amides is 1. The van der Waals surface area contributed by atoms with E-state index < -0.39 is 0 Å². The molecule has 0 spiro atoms. The SMILES string of the molecule is Cc1ccc2c(N)c(C(=O)N(CCC#N)C(C)C)sc2c1. The van der Waals surface area contributed by atoms with Gasteiger partial charge in [0.15, 0.2) is 0 Å². The molecule has 1 heterocycles. The Morgan fingerprint density at radius 3 is 2.81 bits per heavy atom. The number of carbonyl (C=O) groups is 1. The number of rotatable bonds is 4. The number of nitrogens with zero attached hydrogens (tertiary/aromatic N) is 2. The highest BCUT2D eigenvalue weighted by Gasteiger charge is 2.23. The van der Waals surface area contributed by atoms with Gasteiger partial charge in [-0.25, -0.2) is 0 Å². The van der Waals surface area contributed by atoms with Crippen molar-refractivity contribution >= 4 is 33.0 Å². The molecule has 1 amide bonds. The number of hydrogen-bond donors (Lipinski definition) is 1. The van der Waals surface area contributed by atoms with Crippen molar-refractivity contribution < 1.29 is 4.79 Å². The van der Waals surface area contributed by atoms with E-state index in [1.165, 1.54) is 11.3 Å². The van der Waals surface area contributed by atoms with Gasteiger partial charge in [0.05, 0.1) is 18.2 Å². The summed E-state index contributed by atoms with van der Waals surface area (Å²) in [6.45, 7) is 6.34. The van der Waals surface area contributed by atoms with E-state index in [0.717, 1.165) is 15.6 Å². The quantitative estimate of drug-likeness (QED) is 0.938. The monoisotopic (exact) mass is 301 g/mol. The number of nitriles is 1. The number of benzene rings is 1. The molecule has 0 aliphatic heterocycles. The number of anilines is 1. The standard InChI is InChI=1S/C16H19N3OS/c1-10(2)19(8-4-7-17)16(20)15-14(18)12-6-5-11(3)9-13(12)21-15/h5-6,9-10H,4,8,18H2,1-3H3. The zero-order chi connectivity index (χ0) is 15.6. The highest BCUT2D eigenvalue weighted by Crippen LogP contribution is 2.35. The first-order valence-electron chi connectivity index (χ1n) is 6.92. The second-order valence-electron chi connectivity index (χ2n) is 5.34. The zero-order valence-electron chi connectivity index (χ0n) is 12.5. The minimum absolute atomic E-state index is 0.0391. The molecule has 0 saturated heterocycles. The third kappa shape index (κ3) is 3.01. The number of aryl methyl sites for hydroxylation is 1. The summed E-state index contributed by atoms with van der Waals surface area (Å²) in [5.74, 6) is -0.0865. The maximum Gasteiger partial charge on any atom is 0.266 e. The molecule has 5 heteroatoms. The molecule has 21 heavy (non-hydrogen) atoms. The Morgan fingerprint density at radius 1 is 1.48 bits per heavy atom. The molecular weight excluding hydrogens is 282 g/mol. The first kappa shape index (κ1) is 15.3. The summed E-state index contributed by atoms with van der Waals surface area (Å²) >= 11 is 1.43. The summed E-state index contributed by atoms with van der Waals surface area (Å²) in [5.41, 5.74) is 7.84. The average Bonchev–Trinajstić information content (AvgIpc) is 2.75. The lowest BCUT2D eigenvalue weighted by molar-refractivity contribution is 0.0716. The van der Waals surface area contributed by atoms with E-state index >= 15 is 0 Å². The molecule has 2 N–H and O–H groups in total. The van der Waals surface area contributed by atoms with Gasteiger partial charge < -0.3 is 10.6 Å². The Hall–Kier alpha value is -2.06. The Labute approximate surface area is 128 Å². The van der Waals surface area contributed by atoms with E-state index in [1.54, 1.807) is 4.90 Å². The van der Waals surface area contributed by atoms with Gasteiger partial charge in [-0.3, -0.25) is 4.79 Å². The van der Waals surface area contributed by atoms with Crippen LogP contribution in [0.15, 0.2) is 18.2 Å². The molecule has 0 atom stereocenters. The fourth-order valence-electron chi connectivity index (χ4n) is 2.28. The predicted molar refractivity (Wildman–Crippen MR) is 87.4 cm³/mol. The van der Waals surface area contributed by atoms with Crippen LogP contribution in [-0.2, 0) is 0 Å².